The van der Waals surface area contributed by atoms with Crippen LogP contribution >= 0.6 is 0 Å². The first-order valence-corrected chi connectivity index (χ1v) is 7.81. The number of primary amides is 1. The van der Waals surface area contributed by atoms with Crippen LogP contribution in [0.4, 0.5) is 4.79 Å². The molecule has 0 spiro atoms. The summed E-state index contributed by atoms with van der Waals surface area (Å²) in [6, 6.07) is 4.53. The molecule has 0 aromatic heterocycles. The number of urea groups is 1. The van der Waals surface area contributed by atoms with Crippen molar-refractivity contribution in [3.63, 3.8) is 0 Å². The van der Waals surface area contributed by atoms with Crippen molar-refractivity contribution in [3.8, 4) is 0 Å². The monoisotopic (exact) mass is 318 g/mol. The second kappa shape index (κ2) is 7.26. The van der Waals surface area contributed by atoms with E-state index in [4.69, 9.17) is 10.5 Å². The molecule has 6 heteroatoms. The molecule has 124 valence electrons. The number of aryl methyl sites for hydroxylation is 2. The van der Waals surface area contributed by atoms with Gasteiger partial charge in [-0.2, -0.15) is 0 Å². The molecule has 0 heterocycles. The van der Waals surface area contributed by atoms with E-state index < -0.39 is 24.0 Å². The predicted molar refractivity (Wildman–Crippen MR) is 84.9 cm³/mol. The molecule has 0 aliphatic heterocycles. The number of rotatable bonds is 4. The Kier molecular flexibility index (Phi) is 5.36. The maximum atomic E-state index is 12.3. The summed E-state index contributed by atoms with van der Waals surface area (Å²) in [5.41, 5.74) is 7.78. The van der Waals surface area contributed by atoms with Gasteiger partial charge in [-0.3, -0.25) is 10.1 Å². The predicted octanol–water partition coefficient (Wildman–Crippen LogP) is 1.94. The SMILES string of the molecule is CC(C)[C@@H](OC(=O)c1ccc2c(c1)CCCC2)C(=O)NC(N)=O. The van der Waals surface area contributed by atoms with Gasteiger partial charge >= 0.3 is 12.0 Å². The fourth-order valence-corrected chi connectivity index (χ4v) is 2.73. The van der Waals surface area contributed by atoms with Crippen LogP contribution in [0.3, 0.4) is 0 Å². The summed E-state index contributed by atoms with van der Waals surface area (Å²) in [6.07, 6.45) is 3.19. The van der Waals surface area contributed by atoms with Crippen LogP contribution < -0.4 is 11.1 Å². The van der Waals surface area contributed by atoms with Crippen molar-refractivity contribution >= 4 is 17.9 Å². The van der Waals surface area contributed by atoms with Gasteiger partial charge in [-0.15, -0.1) is 0 Å². The van der Waals surface area contributed by atoms with E-state index in [0.717, 1.165) is 24.8 Å². The number of fused-ring (bicyclic) bond motifs is 1. The third-order valence-corrected chi connectivity index (χ3v) is 3.93. The molecule has 0 unspecified atom stereocenters. The molecule has 2 rings (SSSR count). The zero-order valence-corrected chi connectivity index (χ0v) is 13.4. The lowest BCUT2D eigenvalue weighted by Gasteiger charge is -2.21. The van der Waals surface area contributed by atoms with Gasteiger partial charge in [-0.1, -0.05) is 19.9 Å². The Balaban J connectivity index is 2.12. The first-order chi connectivity index (χ1) is 10.9. The van der Waals surface area contributed by atoms with Gasteiger partial charge in [0, 0.05) is 0 Å². The fourth-order valence-electron chi connectivity index (χ4n) is 2.73. The van der Waals surface area contributed by atoms with E-state index >= 15 is 0 Å². The second-order valence-electron chi connectivity index (χ2n) is 6.11. The number of amides is 3. The van der Waals surface area contributed by atoms with E-state index in [1.165, 1.54) is 12.0 Å². The van der Waals surface area contributed by atoms with Gasteiger partial charge in [-0.25, -0.2) is 9.59 Å². The van der Waals surface area contributed by atoms with Gasteiger partial charge in [0.1, 0.15) is 0 Å². The maximum absolute atomic E-state index is 12.3. The molecular weight excluding hydrogens is 296 g/mol. The molecule has 0 saturated heterocycles. The molecule has 3 amide bonds. The van der Waals surface area contributed by atoms with Crippen molar-refractivity contribution in [2.24, 2.45) is 11.7 Å². The number of hydrogen-bond acceptors (Lipinski definition) is 4. The van der Waals surface area contributed by atoms with Gasteiger partial charge in [0.05, 0.1) is 5.56 Å². The van der Waals surface area contributed by atoms with E-state index in [1.54, 1.807) is 19.9 Å². The lowest BCUT2D eigenvalue weighted by atomic mass is 9.90. The molecule has 0 saturated carbocycles. The molecule has 0 radical (unpaired) electrons. The van der Waals surface area contributed by atoms with Crippen LogP contribution in [-0.2, 0) is 22.4 Å². The summed E-state index contributed by atoms with van der Waals surface area (Å²) in [5.74, 6) is -1.56. The lowest BCUT2D eigenvalue weighted by molar-refractivity contribution is -0.130. The number of nitrogens with one attached hydrogen (secondary N) is 1. The Bertz CT molecular complexity index is 625. The highest BCUT2D eigenvalue weighted by atomic mass is 16.5. The summed E-state index contributed by atoms with van der Waals surface area (Å²) < 4.78 is 5.29. The smallest absolute Gasteiger partial charge is 0.338 e. The minimum absolute atomic E-state index is 0.282. The minimum atomic E-state index is -1.06. The van der Waals surface area contributed by atoms with Crippen LogP contribution in [0.2, 0.25) is 0 Å². The topological polar surface area (TPSA) is 98.5 Å². The third-order valence-electron chi connectivity index (χ3n) is 3.93. The van der Waals surface area contributed by atoms with Crippen LogP contribution in [0.1, 0.15) is 48.2 Å². The Morgan fingerprint density at radius 1 is 1.13 bits per heavy atom. The Labute approximate surface area is 135 Å². The van der Waals surface area contributed by atoms with Crippen molar-refractivity contribution in [1.29, 1.82) is 0 Å². The van der Waals surface area contributed by atoms with Gasteiger partial charge < -0.3 is 10.5 Å². The Hall–Kier alpha value is -2.37. The minimum Gasteiger partial charge on any atom is -0.448 e. The molecule has 23 heavy (non-hydrogen) atoms. The average Bonchev–Trinajstić information content (AvgIpc) is 2.50. The summed E-state index contributed by atoms with van der Waals surface area (Å²) in [5, 5.41) is 1.95. The van der Waals surface area contributed by atoms with E-state index in [2.05, 4.69) is 0 Å². The number of imide groups is 1. The van der Waals surface area contributed by atoms with Gasteiger partial charge in [0.2, 0.25) is 0 Å². The standard InChI is InChI=1S/C17H22N2O4/c1-10(2)14(15(20)19-17(18)22)23-16(21)13-8-7-11-5-3-4-6-12(11)9-13/h7-10,14H,3-6H2,1-2H3,(H3,18,19,20,22)/t14-/m1/s1. The van der Waals surface area contributed by atoms with Gasteiger partial charge in [0.15, 0.2) is 6.10 Å². The molecule has 1 aliphatic carbocycles. The summed E-state index contributed by atoms with van der Waals surface area (Å²) >= 11 is 0. The van der Waals surface area contributed by atoms with E-state index in [0.29, 0.717) is 5.56 Å². The number of esters is 1. The van der Waals surface area contributed by atoms with Crippen molar-refractivity contribution < 1.29 is 19.1 Å². The normalized spacial score (nSPS) is 14.7. The molecule has 1 aromatic carbocycles. The Morgan fingerprint density at radius 3 is 2.39 bits per heavy atom. The zero-order valence-electron chi connectivity index (χ0n) is 13.4. The first-order valence-electron chi connectivity index (χ1n) is 7.81. The van der Waals surface area contributed by atoms with Gasteiger partial charge in [-0.05, 0) is 54.9 Å². The zero-order chi connectivity index (χ0) is 17.0. The molecule has 1 aromatic rings. The van der Waals surface area contributed by atoms with Crippen LogP contribution in [-0.4, -0.2) is 24.0 Å². The third kappa shape index (κ3) is 4.31. The highest BCUT2D eigenvalue weighted by Crippen LogP contribution is 2.23. The molecule has 1 aliphatic rings. The number of carbonyl (C=O) groups excluding carboxylic acids is 3. The molecule has 1 atom stereocenters. The van der Waals surface area contributed by atoms with E-state index in [1.807, 2.05) is 17.4 Å². The molecule has 0 fully saturated rings. The number of carbonyl (C=O) groups is 3. The number of nitrogens with two attached hydrogens (primary N) is 1. The first kappa shape index (κ1) is 17.0. The van der Waals surface area contributed by atoms with Crippen LogP contribution in [0.25, 0.3) is 0 Å². The summed E-state index contributed by atoms with van der Waals surface area (Å²) in [7, 11) is 0. The van der Waals surface area contributed by atoms with Crippen molar-refractivity contribution in [2.75, 3.05) is 0 Å². The fraction of sp³-hybridized carbons (Fsp3) is 0.471. The number of benzene rings is 1. The highest BCUT2D eigenvalue weighted by Gasteiger charge is 2.28. The summed E-state index contributed by atoms with van der Waals surface area (Å²) in [6.45, 7) is 3.46. The number of hydrogen-bond donors (Lipinski definition) is 2. The molecule has 0 bridgehead atoms. The van der Waals surface area contributed by atoms with Crippen LogP contribution in [0.15, 0.2) is 18.2 Å². The van der Waals surface area contributed by atoms with Crippen molar-refractivity contribution in [2.45, 2.75) is 45.6 Å². The van der Waals surface area contributed by atoms with Crippen molar-refractivity contribution in [1.82, 2.24) is 5.32 Å². The molecular formula is C17H22N2O4. The molecule has 3 N–H and O–H groups in total. The quantitative estimate of drug-likeness (QED) is 0.829. The highest BCUT2D eigenvalue weighted by molar-refractivity contribution is 5.98. The second-order valence-corrected chi connectivity index (χ2v) is 6.11. The Morgan fingerprint density at radius 2 is 1.78 bits per heavy atom. The lowest BCUT2D eigenvalue weighted by Crippen LogP contribution is -2.45. The maximum Gasteiger partial charge on any atom is 0.338 e. The van der Waals surface area contributed by atoms with E-state index in [-0.39, 0.29) is 5.92 Å². The van der Waals surface area contributed by atoms with Crippen LogP contribution in [0, 0.1) is 5.92 Å². The van der Waals surface area contributed by atoms with Crippen molar-refractivity contribution in [3.05, 3.63) is 34.9 Å². The molecule has 6 nitrogen and oxygen atoms in total. The largest absolute Gasteiger partial charge is 0.448 e. The van der Waals surface area contributed by atoms with Gasteiger partial charge in [0.25, 0.3) is 5.91 Å². The van der Waals surface area contributed by atoms with E-state index in [9.17, 15) is 14.4 Å². The van der Waals surface area contributed by atoms with Crippen LogP contribution in [0.5, 0.6) is 0 Å². The average molecular weight is 318 g/mol. The summed E-state index contributed by atoms with van der Waals surface area (Å²) in [4.78, 5) is 35.0. The number of ether oxygens (including phenoxy) is 1.